The number of hydrogen-bond acceptors (Lipinski definition) is 5. The minimum absolute atomic E-state index is 0.172. The average molecular weight is 392 g/mol. The third-order valence-electron chi connectivity index (χ3n) is 5.46. The number of halogens is 1. The van der Waals surface area contributed by atoms with E-state index in [1.54, 1.807) is 12.1 Å². The Morgan fingerprint density at radius 1 is 1.15 bits per heavy atom. The Hall–Kier alpha value is -1.53. The first-order chi connectivity index (χ1) is 12.7. The topological polar surface area (TPSA) is 59.2 Å². The van der Waals surface area contributed by atoms with Gasteiger partial charge >= 0.3 is 0 Å². The van der Waals surface area contributed by atoms with Crippen molar-refractivity contribution >= 4 is 29.3 Å². The Bertz CT molecular complexity index is 764. The molecule has 2 fully saturated rings. The van der Waals surface area contributed by atoms with Crippen LogP contribution in [0.1, 0.15) is 32.1 Å². The molecule has 0 spiro atoms. The van der Waals surface area contributed by atoms with Crippen LogP contribution in [-0.4, -0.2) is 39.8 Å². The first-order valence-electron chi connectivity index (χ1n) is 9.19. The molecule has 0 bridgehead atoms. The van der Waals surface area contributed by atoms with Gasteiger partial charge in [-0.15, -0.1) is 10.2 Å². The molecule has 2 heterocycles. The predicted octanol–water partition coefficient (Wildman–Crippen LogP) is 4.52. The SMILES string of the molecule is O=C(CSc1nnc(-c2ccc(Cl)cc2)o1)N1CC[C@@H]2CCCC[C@H]2C1. The first-order valence-corrected chi connectivity index (χ1v) is 10.6. The largest absolute Gasteiger partial charge is 0.411 e. The summed E-state index contributed by atoms with van der Waals surface area (Å²) in [5.41, 5.74) is 0.819. The normalized spacial score (nSPS) is 22.9. The summed E-state index contributed by atoms with van der Waals surface area (Å²) < 4.78 is 5.66. The number of thioether (sulfide) groups is 1. The van der Waals surface area contributed by atoms with E-state index in [4.69, 9.17) is 16.0 Å². The molecule has 5 nitrogen and oxygen atoms in total. The molecule has 0 N–H and O–H groups in total. The maximum absolute atomic E-state index is 12.6. The molecule has 4 rings (SSSR count). The van der Waals surface area contributed by atoms with Crippen molar-refractivity contribution in [3.63, 3.8) is 0 Å². The van der Waals surface area contributed by atoms with Crippen molar-refractivity contribution in [1.82, 2.24) is 15.1 Å². The molecule has 1 aromatic carbocycles. The van der Waals surface area contributed by atoms with Crippen LogP contribution in [0.15, 0.2) is 33.9 Å². The number of rotatable bonds is 4. The molecule has 26 heavy (non-hydrogen) atoms. The van der Waals surface area contributed by atoms with Gasteiger partial charge in [0.15, 0.2) is 0 Å². The molecule has 2 aromatic rings. The second-order valence-electron chi connectivity index (χ2n) is 7.10. The van der Waals surface area contributed by atoms with Crippen LogP contribution >= 0.6 is 23.4 Å². The van der Waals surface area contributed by atoms with E-state index < -0.39 is 0 Å². The monoisotopic (exact) mass is 391 g/mol. The first kappa shape index (κ1) is 17.9. The van der Waals surface area contributed by atoms with Crippen molar-refractivity contribution in [3.8, 4) is 11.5 Å². The number of nitrogens with zero attached hydrogens (tertiary/aromatic N) is 3. The number of hydrogen-bond donors (Lipinski definition) is 0. The fraction of sp³-hybridized carbons (Fsp3) is 0.526. The molecule has 1 saturated carbocycles. The summed E-state index contributed by atoms with van der Waals surface area (Å²) in [5.74, 6) is 2.49. The highest BCUT2D eigenvalue weighted by atomic mass is 35.5. The van der Waals surface area contributed by atoms with Crippen LogP contribution in [0.2, 0.25) is 5.02 Å². The molecule has 0 unspecified atom stereocenters. The second-order valence-corrected chi connectivity index (χ2v) is 8.46. The van der Waals surface area contributed by atoms with Gasteiger partial charge in [-0.05, 0) is 48.9 Å². The lowest BCUT2D eigenvalue weighted by atomic mass is 9.75. The quantitative estimate of drug-likeness (QED) is 0.717. The van der Waals surface area contributed by atoms with Gasteiger partial charge in [0.05, 0.1) is 5.75 Å². The lowest BCUT2D eigenvalue weighted by Gasteiger charge is -2.41. The van der Waals surface area contributed by atoms with Gasteiger partial charge in [-0.1, -0.05) is 42.6 Å². The molecule has 1 amide bonds. The van der Waals surface area contributed by atoms with Crippen molar-refractivity contribution in [2.75, 3.05) is 18.8 Å². The zero-order chi connectivity index (χ0) is 17.9. The Labute approximate surface area is 162 Å². The van der Waals surface area contributed by atoms with E-state index in [0.717, 1.165) is 31.0 Å². The van der Waals surface area contributed by atoms with E-state index in [2.05, 4.69) is 10.2 Å². The van der Waals surface area contributed by atoms with Crippen LogP contribution in [-0.2, 0) is 4.79 Å². The zero-order valence-electron chi connectivity index (χ0n) is 14.6. The van der Waals surface area contributed by atoms with E-state index in [0.29, 0.717) is 27.8 Å². The summed E-state index contributed by atoms with van der Waals surface area (Å²) in [5, 5.41) is 9.18. The van der Waals surface area contributed by atoms with Crippen LogP contribution in [0, 0.1) is 11.8 Å². The highest BCUT2D eigenvalue weighted by molar-refractivity contribution is 7.99. The van der Waals surface area contributed by atoms with Crippen LogP contribution in [0.4, 0.5) is 0 Å². The van der Waals surface area contributed by atoms with Crippen LogP contribution < -0.4 is 0 Å². The third-order valence-corrected chi connectivity index (χ3v) is 6.52. The molecule has 1 aromatic heterocycles. The number of fused-ring (bicyclic) bond motifs is 1. The third kappa shape index (κ3) is 4.07. The summed E-state index contributed by atoms with van der Waals surface area (Å²) in [6.07, 6.45) is 6.44. The van der Waals surface area contributed by atoms with Gasteiger partial charge in [0.2, 0.25) is 11.8 Å². The van der Waals surface area contributed by atoms with Crippen molar-refractivity contribution in [1.29, 1.82) is 0 Å². The summed E-state index contributed by atoms with van der Waals surface area (Å²) >= 11 is 7.21. The molecule has 7 heteroatoms. The van der Waals surface area contributed by atoms with E-state index >= 15 is 0 Å². The number of likely N-dealkylation sites (tertiary alicyclic amines) is 1. The van der Waals surface area contributed by atoms with E-state index in [1.165, 1.54) is 37.4 Å². The Morgan fingerprint density at radius 2 is 1.92 bits per heavy atom. The fourth-order valence-corrected chi connectivity index (χ4v) is 4.81. The van der Waals surface area contributed by atoms with E-state index in [9.17, 15) is 4.79 Å². The molecule has 138 valence electrons. The van der Waals surface area contributed by atoms with Gasteiger partial charge in [0, 0.05) is 23.7 Å². The standard InChI is InChI=1S/C19H22ClN3O2S/c20-16-7-5-14(6-8-16)18-21-22-19(25-18)26-12-17(24)23-10-9-13-3-1-2-4-15(13)11-23/h5-8,13,15H,1-4,9-12H2/t13-,15-/m0/s1. The van der Waals surface area contributed by atoms with Crippen molar-refractivity contribution in [2.45, 2.75) is 37.3 Å². The lowest BCUT2D eigenvalue weighted by molar-refractivity contribution is -0.131. The van der Waals surface area contributed by atoms with E-state index in [1.807, 2.05) is 17.0 Å². The fourth-order valence-electron chi connectivity index (χ4n) is 4.02. The highest BCUT2D eigenvalue weighted by Gasteiger charge is 2.32. The van der Waals surface area contributed by atoms with Gasteiger partial charge in [0.1, 0.15) is 0 Å². The number of amides is 1. The van der Waals surface area contributed by atoms with Crippen molar-refractivity contribution in [2.24, 2.45) is 11.8 Å². The number of carbonyl (C=O) groups excluding carboxylic acids is 1. The second kappa shape index (κ2) is 8.01. The Kier molecular flexibility index (Phi) is 5.50. The van der Waals surface area contributed by atoms with Gasteiger partial charge < -0.3 is 9.32 Å². The zero-order valence-corrected chi connectivity index (χ0v) is 16.1. The average Bonchev–Trinajstić information content (AvgIpc) is 3.15. The number of benzene rings is 1. The molecule has 2 atom stereocenters. The van der Waals surface area contributed by atoms with E-state index in [-0.39, 0.29) is 5.91 Å². The molecular weight excluding hydrogens is 370 g/mol. The summed E-state index contributed by atoms with van der Waals surface area (Å²) in [6, 6.07) is 7.24. The number of aromatic nitrogens is 2. The van der Waals surface area contributed by atoms with Crippen LogP contribution in [0.3, 0.4) is 0 Å². The van der Waals surface area contributed by atoms with Gasteiger partial charge in [-0.3, -0.25) is 4.79 Å². The molecule has 1 aliphatic heterocycles. The molecule has 2 aliphatic rings. The number of piperidine rings is 1. The van der Waals surface area contributed by atoms with Gasteiger partial charge in [0.25, 0.3) is 5.22 Å². The summed E-state index contributed by atoms with van der Waals surface area (Å²) in [7, 11) is 0. The van der Waals surface area contributed by atoms with Crippen molar-refractivity contribution < 1.29 is 9.21 Å². The molecule has 1 aliphatic carbocycles. The minimum atomic E-state index is 0.172. The minimum Gasteiger partial charge on any atom is -0.411 e. The van der Waals surface area contributed by atoms with Gasteiger partial charge in [-0.25, -0.2) is 0 Å². The highest BCUT2D eigenvalue weighted by Crippen LogP contribution is 2.36. The van der Waals surface area contributed by atoms with Gasteiger partial charge in [-0.2, -0.15) is 0 Å². The Morgan fingerprint density at radius 3 is 2.73 bits per heavy atom. The smallest absolute Gasteiger partial charge is 0.277 e. The van der Waals surface area contributed by atoms with Crippen molar-refractivity contribution in [3.05, 3.63) is 29.3 Å². The maximum atomic E-state index is 12.6. The van der Waals surface area contributed by atoms with Crippen LogP contribution in [0.25, 0.3) is 11.5 Å². The molecule has 0 radical (unpaired) electrons. The maximum Gasteiger partial charge on any atom is 0.277 e. The molecule has 1 saturated heterocycles. The number of carbonyl (C=O) groups is 1. The molecular formula is C19H22ClN3O2S. The lowest BCUT2D eigenvalue weighted by Crippen LogP contribution is -2.45. The Balaban J connectivity index is 1.31. The summed E-state index contributed by atoms with van der Waals surface area (Å²) in [4.78, 5) is 14.6. The predicted molar refractivity (Wildman–Crippen MR) is 102 cm³/mol. The summed E-state index contributed by atoms with van der Waals surface area (Å²) in [6.45, 7) is 1.81. The van der Waals surface area contributed by atoms with Crippen LogP contribution in [0.5, 0.6) is 0 Å².